The Bertz CT molecular complexity index is 505. The molecule has 1 aromatic carbocycles. The molecule has 1 N–H and O–H groups in total. The SMILES string of the molecule is COc1ccc(N2C3=[N+](CCCC3)C[C@]2(C)O)cc1. The van der Waals surface area contributed by atoms with Crippen molar-refractivity contribution in [3.8, 4) is 5.75 Å². The Kier molecular flexibility index (Phi) is 2.97. The average molecular weight is 261 g/mol. The summed E-state index contributed by atoms with van der Waals surface area (Å²) in [5, 5.41) is 10.7. The van der Waals surface area contributed by atoms with E-state index in [0.717, 1.165) is 24.4 Å². The molecule has 0 saturated carbocycles. The molecule has 2 heterocycles. The molecule has 3 rings (SSSR count). The quantitative estimate of drug-likeness (QED) is 0.825. The van der Waals surface area contributed by atoms with Crippen molar-refractivity contribution in [3.63, 3.8) is 0 Å². The summed E-state index contributed by atoms with van der Waals surface area (Å²) in [6.07, 6.45) is 3.47. The maximum absolute atomic E-state index is 10.7. The normalized spacial score (nSPS) is 26.6. The van der Waals surface area contributed by atoms with E-state index < -0.39 is 5.72 Å². The number of rotatable bonds is 2. The standard InChI is InChI=1S/C15H21N2O2/c1-15(18)11-16-10-4-3-5-14(16)17(15)12-6-8-13(19-2)9-7-12/h6-9,18H,3-5,10-11H2,1-2H3/q+1/t15-/m0/s1. The van der Waals surface area contributed by atoms with E-state index in [1.165, 1.54) is 18.7 Å². The molecule has 2 aliphatic rings. The molecule has 1 atom stereocenters. The predicted octanol–water partition coefficient (Wildman–Crippen LogP) is 1.82. The summed E-state index contributed by atoms with van der Waals surface area (Å²) in [6.45, 7) is 3.63. The summed E-state index contributed by atoms with van der Waals surface area (Å²) in [4.78, 5) is 2.08. The van der Waals surface area contributed by atoms with Gasteiger partial charge in [0.05, 0.1) is 13.7 Å². The summed E-state index contributed by atoms with van der Waals surface area (Å²) in [6, 6.07) is 7.91. The molecule has 0 radical (unpaired) electrons. The van der Waals surface area contributed by atoms with Crippen LogP contribution in [0.25, 0.3) is 0 Å². The van der Waals surface area contributed by atoms with Crippen LogP contribution in [0, 0.1) is 0 Å². The molecule has 0 aliphatic carbocycles. The molecule has 2 aliphatic heterocycles. The van der Waals surface area contributed by atoms with Gasteiger partial charge in [-0.3, -0.25) is 4.58 Å². The van der Waals surface area contributed by atoms with E-state index >= 15 is 0 Å². The van der Waals surface area contributed by atoms with Crippen molar-refractivity contribution >= 4 is 11.5 Å². The fourth-order valence-electron chi connectivity index (χ4n) is 3.17. The molecular formula is C15H21N2O2+. The number of anilines is 1. The third kappa shape index (κ3) is 2.10. The predicted molar refractivity (Wildman–Crippen MR) is 74.9 cm³/mol. The number of benzene rings is 1. The highest BCUT2D eigenvalue weighted by Gasteiger charge is 2.49. The van der Waals surface area contributed by atoms with Gasteiger partial charge in [-0.15, -0.1) is 0 Å². The van der Waals surface area contributed by atoms with Gasteiger partial charge in [-0.2, -0.15) is 4.90 Å². The highest BCUT2D eigenvalue weighted by molar-refractivity contribution is 5.96. The highest BCUT2D eigenvalue weighted by Crippen LogP contribution is 2.32. The first-order valence-corrected chi connectivity index (χ1v) is 6.89. The average Bonchev–Trinajstić information content (AvgIpc) is 2.68. The second kappa shape index (κ2) is 4.53. The summed E-state index contributed by atoms with van der Waals surface area (Å²) in [5.41, 5.74) is 0.207. The van der Waals surface area contributed by atoms with Gasteiger partial charge in [0.15, 0.2) is 6.54 Å². The minimum absolute atomic E-state index is 0.689. The highest BCUT2D eigenvalue weighted by atomic mass is 16.5. The maximum atomic E-state index is 10.7. The lowest BCUT2D eigenvalue weighted by Crippen LogP contribution is -2.47. The Morgan fingerprint density at radius 2 is 2.00 bits per heavy atom. The summed E-state index contributed by atoms with van der Waals surface area (Å²) in [5.74, 6) is 2.09. The lowest BCUT2D eigenvalue weighted by molar-refractivity contribution is -0.536. The molecule has 4 heteroatoms. The molecule has 0 amide bonds. The van der Waals surface area contributed by atoms with E-state index in [1.807, 2.05) is 31.2 Å². The molecule has 4 nitrogen and oxygen atoms in total. The molecule has 1 aromatic rings. The second-order valence-electron chi connectivity index (χ2n) is 5.55. The molecule has 0 fully saturated rings. The van der Waals surface area contributed by atoms with Crippen molar-refractivity contribution in [1.29, 1.82) is 0 Å². The Hall–Kier alpha value is -1.55. The van der Waals surface area contributed by atoms with E-state index in [1.54, 1.807) is 7.11 Å². The zero-order valence-electron chi connectivity index (χ0n) is 11.6. The van der Waals surface area contributed by atoms with E-state index in [2.05, 4.69) is 9.48 Å². The lowest BCUT2D eigenvalue weighted by Gasteiger charge is -2.25. The number of nitrogens with zero attached hydrogens (tertiary/aromatic N) is 2. The molecule has 0 aromatic heterocycles. The van der Waals surface area contributed by atoms with Crippen molar-refractivity contribution in [1.82, 2.24) is 0 Å². The zero-order valence-corrected chi connectivity index (χ0v) is 11.6. The van der Waals surface area contributed by atoms with Crippen LogP contribution in [0.3, 0.4) is 0 Å². The van der Waals surface area contributed by atoms with Crippen molar-refractivity contribution in [2.75, 3.05) is 25.1 Å². The third-order valence-electron chi connectivity index (χ3n) is 4.00. The van der Waals surface area contributed by atoms with Crippen LogP contribution in [0.1, 0.15) is 26.2 Å². The van der Waals surface area contributed by atoms with E-state index in [-0.39, 0.29) is 0 Å². The number of methoxy groups -OCH3 is 1. The van der Waals surface area contributed by atoms with Gasteiger partial charge in [-0.05, 0) is 37.1 Å². The van der Waals surface area contributed by atoms with Crippen molar-refractivity contribution in [2.45, 2.75) is 31.9 Å². The summed E-state index contributed by atoms with van der Waals surface area (Å²) in [7, 11) is 1.67. The first-order chi connectivity index (χ1) is 9.12. The smallest absolute Gasteiger partial charge is 0.254 e. The zero-order chi connectivity index (χ0) is 13.5. The van der Waals surface area contributed by atoms with Gasteiger partial charge in [0.1, 0.15) is 11.4 Å². The van der Waals surface area contributed by atoms with Gasteiger partial charge in [-0.1, -0.05) is 0 Å². The number of aliphatic hydroxyl groups is 1. The summed E-state index contributed by atoms with van der Waals surface area (Å²) < 4.78 is 7.51. The van der Waals surface area contributed by atoms with E-state index in [0.29, 0.717) is 6.54 Å². The van der Waals surface area contributed by atoms with Gasteiger partial charge in [0.2, 0.25) is 5.72 Å². The molecule has 0 unspecified atom stereocenters. The van der Waals surface area contributed by atoms with Crippen LogP contribution in [0.5, 0.6) is 5.75 Å². The largest absolute Gasteiger partial charge is 0.497 e. The van der Waals surface area contributed by atoms with Gasteiger partial charge >= 0.3 is 0 Å². The van der Waals surface area contributed by atoms with Crippen molar-refractivity contribution < 1.29 is 14.4 Å². The molecule has 0 spiro atoms. The van der Waals surface area contributed by atoms with Gasteiger partial charge < -0.3 is 9.84 Å². The van der Waals surface area contributed by atoms with Crippen LogP contribution >= 0.6 is 0 Å². The Labute approximate surface area is 113 Å². The first kappa shape index (κ1) is 12.5. The maximum Gasteiger partial charge on any atom is 0.254 e. The van der Waals surface area contributed by atoms with Crippen molar-refractivity contribution in [2.24, 2.45) is 0 Å². The first-order valence-electron chi connectivity index (χ1n) is 6.89. The molecular weight excluding hydrogens is 240 g/mol. The molecule has 19 heavy (non-hydrogen) atoms. The second-order valence-corrected chi connectivity index (χ2v) is 5.55. The van der Waals surface area contributed by atoms with Crippen LogP contribution in [0.15, 0.2) is 24.3 Å². The van der Waals surface area contributed by atoms with Crippen LogP contribution in [-0.4, -0.2) is 41.4 Å². The topological polar surface area (TPSA) is 35.7 Å². The van der Waals surface area contributed by atoms with E-state index in [4.69, 9.17) is 4.74 Å². The number of hydrogen-bond donors (Lipinski definition) is 1. The Morgan fingerprint density at radius 3 is 2.68 bits per heavy atom. The number of amidine groups is 1. The molecule has 0 saturated heterocycles. The van der Waals surface area contributed by atoms with Crippen LogP contribution in [0.4, 0.5) is 5.69 Å². The monoisotopic (exact) mass is 261 g/mol. The fraction of sp³-hybridized carbons (Fsp3) is 0.533. The molecule has 0 bridgehead atoms. The van der Waals surface area contributed by atoms with Crippen molar-refractivity contribution in [3.05, 3.63) is 24.3 Å². The van der Waals surface area contributed by atoms with Gasteiger partial charge in [0, 0.05) is 13.3 Å². The fourth-order valence-corrected chi connectivity index (χ4v) is 3.17. The Balaban J connectivity index is 1.98. The van der Waals surface area contributed by atoms with Crippen LogP contribution in [0.2, 0.25) is 0 Å². The van der Waals surface area contributed by atoms with Gasteiger partial charge in [0.25, 0.3) is 5.84 Å². The Morgan fingerprint density at radius 1 is 1.26 bits per heavy atom. The number of hydrogen-bond acceptors (Lipinski definition) is 3. The number of ether oxygens (including phenoxy) is 1. The van der Waals surface area contributed by atoms with Crippen LogP contribution < -0.4 is 9.64 Å². The summed E-state index contributed by atoms with van der Waals surface area (Å²) >= 11 is 0. The minimum atomic E-state index is -0.825. The minimum Gasteiger partial charge on any atom is -0.497 e. The van der Waals surface area contributed by atoms with E-state index in [9.17, 15) is 5.11 Å². The molecule has 102 valence electrons. The van der Waals surface area contributed by atoms with Gasteiger partial charge in [-0.25, -0.2) is 0 Å². The van der Waals surface area contributed by atoms with Crippen LogP contribution in [-0.2, 0) is 0 Å². The lowest BCUT2D eigenvalue weighted by atomic mass is 10.1. The third-order valence-corrected chi connectivity index (χ3v) is 4.00.